The van der Waals surface area contributed by atoms with Crippen molar-refractivity contribution >= 4 is 23.3 Å². The molecule has 1 aromatic heterocycles. The monoisotopic (exact) mass is 242 g/mol. The Hall–Kier alpha value is -1.56. The second-order valence-corrected chi connectivity index (χ2v) is 4.77. The van der Waals surface area contributed by atoms with Crippen LogP contribution in [0.2, 0.25) is 0 Å². The van der Waals surface area contributed by atoms with Crippen LogP contribution < -0.4 is 10.6 Å². The van der Waals surface area contributed by atoms with Gasteiger partial charge >= 0.3 is 12.0 Å². The minimum absolute atomic E-state index is 0.413. The first-order chi connectivity index (χ1) is 7.49. The van der Waals surface area contributed by atoms with Crippen molar-refractivity contribution in [1.29, 1.82) is 0 Å². The number of rotatable bonds is 4. The van der Waals surface area contributed by atoms with Gasteiger partial charge in [0.05, 0.1) is 6.54 Å². The average Bonchev–Trinajstić information content (AvgIpc) is 2.61. The van der Waals surface area contributed by atoms with Gasteiger partial charge in [0.2, 0.25) is 0 Å². The van der Waals surface area contributed by atoms with Crippen LogP contribution in [0.4, 0.5) is 4.79 Å². The van der Waals surface area contributed by atoms with Crippen molar-refractivity contribution in [1.82, 2.24) is 10.6 Å². The lowest BCUT2D eigenvalue weighted by Crippen LogP contribution is -2.43. The number of carboxylic acid groups (broad SMARTS) is 1. The number of thiophene rings is 1. The number of aliphatic carboxylic acids is 1. The third kappa shape index (κ3) is 3.90. The molecule has 5 nitrogen and oxygen atoms in total. The summed E-state index contributed by atoms with van der Waals surface area (Å²) in [5, 5.41) is 13.5. The number of urea groups is 1. The van der Waals surface area contributed by atoms with Crippen LogP contribution >= 0.6 is 11.3 Å². The van der Waals surface area contributed by atoms with Gasteiger partial charge in [-0.2, -0.15) is 0 Å². The summed E-state index contributed by atoms with van der Waals surface area (Å²) < 4.78 is 0. The van der Waals surface area contributed by atoms with E-state index in [9.17, 15) is 9.59 Å². The minimum Gasteiger partial charge on any atom is -0.480 e. The van der Waals surface area contributed by atoms with Gasteiger partial charge in [-0.05, 0) is 26.0 Å². The lowest BCUT2D eigenvalue weighted by molar-refractivity contribution is -0.138. The highest BCUT2D eigenvalue weighted by molar-refractivity contribution is 7.11. The first kappa shape index (κ1) is 12.5. The van der Waals surface area contributed by atoms with E-state index in [4.69, 9.17) is 5.11 Å². The average molecular weight is 242 g/mol. The summed E-state index contributed by atoms with van der Waals surface area (Å²) in [7, 11) is 0. The third-order valence-corrected chi connectivity index (χ3v) is 2.94. The van der Waals surface area contributed by atoms with Crippen LogP contribution in [-0.2, 0) is 11.3 Å². The Labute approximate surface area is 97.5 Å². The Bertz CT molecular complexity index is 389. The van der Waals surface area contributed by atoms with Gasteiger partial charge in [0.25, 0.3) is 0 Å². The van der Waals surface area contributed by atoms with Crippen molar-refractivity contribution in [3.8, 4) is 0 Å². The zero-order valence-corrected chi connectivity index (χ0v) is 9.93. The second kappa shape index (κ2) is 5.50. The largest absolute Gasteiger partial charge is 0.480 e. The quantitative estimate of drug-likeness (QED) is 0.745. The van der Waals surface area contributed by atoms with Crippen LogP contribution in [0.15, 0.2) is 12.1 Å². The SMILES string of the molecule is Cc1ccc(CNC(=O)N[C@@H](C)C(=O)O)s1. The van der Waals surface area contributed by atoms with E-state index < -0.39 is 18.0 Å². The van der Waals surface area contributed by atoms with E-state index in [0.717, 1.165) is 4.88 Å². The first-order valence-electron chi connectivity index (χ1n) is 4.81. The van der Waals surface area contributed by atoms with E-state index >= 15 is 0 Å². The van der Waals surface area contributed by atoms with Gasteiger partial charge in [-0.1, -0.05) is 0 Å². The molecule has 0 saturated carbocycles. The van der Waals surface area contributed by atoms with Gasteiger partial charge in [0.15, 0.2) is 0 Å². The highest BCUT2D eigenvalue weighted by Gasteiger charge is 2.13. The van der Waals surface area contributed by atoms with Gasteiger partial charge in [0.1, 0.15) is 6.04 Å². The summed E-state index contributed by atoms with van der Waals surface area (Å²) in [6, 6.07) is 2.55. The first-order valence-corrected chi connectivity index (χ1v) is 5.63. The molecule has 0 aliphatic heterocycles. The van der Waals surface area contributed by atoms with Crippen LogP contribution in [0.1, 0.15) is 16.7 Å². The molecule has 0 aliphatic carbocycles. The molecule has 0 fully saturated rings. The maximum absolute atomic E-state index is 11.3. The van der Waals surface area contributed by atoms with E-state index in [1.54, 1.807) is 11.3 Å². The molecule has 1 rings (SSSR count). The Balaban J connectivity index is 2.33. The molecular weight excluding hydrogens is 228 g/mol. The van der Waals surface area contributed by atoms with Crippen molar-refractivity contribution in [2.45, 2.75) is 26.4 Å². The van der Waals surface area contributed by atoms with E-state index in [0.29, 0.717) is 6.54 Å². The summed E-state index contributed by atoms with van der Waals surface area (Å²) in [6.07, 6.45) is 0. The zero-order valence-electron chi connectivity index (χ0n) is 9.11. The van der Waals surface area contributed by atoms with Crippen LogP contribution in [0.5, 0.6) is 0 Å². The normalized spacial score (nSPS) is 11.9. The number of amides is 2. The predicted octanol–water partition coefficient (Wildman–Crippen LogP) is 1.33. The van der Waals surface area contributed by atoms with E-state index in [1.165, 1.54) is 11.8 Å². The van der Waals surface area contributed by atoms with Gasteiger partial charge < -0.3 is 15.7 Å². The fourth-order valence-electron chi connectivity index (χ4n) is 1.06. The van der Waals surface area contributed by atoms with E-state index in [2.05, 4.69) is 10.6 Å². The van der Waals surface area contributed by atoms with Crippen LogP contribution in [-0.4, -0.2) is 23.1 Å². The molecule has 6 heteroatoms. The second-order valence-electron chi connectivity index (χ2n) is 3.40. The maximum atomic E-state index is 11.3. The Morgan fingerprint density at radius 1 is 1.50 bits per heavy atom. The Morgan fingerprint density at radius 2 is 2.19 bits per heavy atom. The Morgan fingerprint density at radius 3 is 2.69 bits per heavy atom. The molecule has 0 aromatic carbocycles. The number of carbonyl (C=O) groups excluding carboxylic acids is 1. The molecule has 2 amide bonds. The number of carbonyl (C=O) groups is 2. The third-order valence-electron chi connectivity index (χ3n) is 1.94. The topological polar surface area (TPSA) is 78.4 Å². The minimum atomic E-state index is -1.05. The van der Waals surface area contributed by atoms with Gasteiger partial charge in [-0.25, -0.2) is 4.79 Å². The lowest BCUT2D eigenvalue weighted by Gasteiger charge is -2.09. The van der Waals surface area contributed by atoms with Crippen molar-refractivity contribution < 1.29 is 14.7 Å². The molecule has 0 radical (unpaired) electrons. The molecule has 0 spiro atoms. The van der Waals surface area contributed by atoms with E-state index in [-0.39, 0.29) is 0 Å². The molecule has 1 atom stereocenters. The van der Waals surface area contributed by atoms with Crippen molar-refractivity contribution in [2.75, 3.05) is 0 Å². The number of nitrogens with one attached hydrogen (secondary N) is 2. The number of aryl methyl sites for hydroxylation is 1. The van der Waals surface area contributed by atoms with Gasteiger partial charge in [-0.15, -0.1) is 11.3 Å². The fraction of sp³-hybridized carbons (Fsp3) is 0.400. The molecule has 3 N–H and O–H groups in total. The molecular formula is C10H14N2O3S. The summed E-state index contributed by atoms with van der Waals surface area (Å²) in [4.78, 5) is 23.9. The summed E-state index contributed by atoms with van der Waals surface area (Å²) in [5.41, 5.74) is 0. The fourth-order valence-corrected chi connectivity index (χ4v) is 1.89. The lowest BCUT2D eigenvalue weighted by atomic mass is 10.3. The molecule has 0 bridgehead atoms. The number of carboxylic acids is 1. The molecule has 1 heterocycles. The molecule has 88 valence electrons. The summed E-state index contributed by atoms with van der Waals surface area (Å²) in [6.45, 7) is 3.81. The molecule has 1 aromatic rings. The zero-order chi connectivity index (χ0) is 12.1. The number of hydrogen-bond acceptors (Lipinski definition) is 3. The van der Waals surface area contributed by atoms with Crippen molar-refractivity contribution in [2.24, 2.45) is 0 Å². The highest BCUT2D eigenvalue weighted by Crippen LogP contribution is 2.14. The predicted molar refractivity (Wildman–Crippen MR) is 61.5 cm³/mol. The number of hydrogen-bond donors (Lipinski definition) is 3. The van der Waals surface area contributed by atoms with Gasteiger partial charge in [-0.3, -0.25) is 4.79 Å². The van der Waals surface area contributed by atoms with Crippen LogP contribution in [0.25, 0.3) is 0 Å². The standard InChI is InChI=1S/C10H14N2O3S/c1-6-3-4-8(16-6)5-11-10(15)12-7(2)9(13)14/h3-4,7H,5H2,1-2H3,(H,13,14)(H2,11,12,15)/t7-/m0/s1. The van der Waals surface area contributed by atoms with E-state index in [1.807, 2.05) is 19.1 Å². The smallest absolute Gasteiger partial charge is 0.325 e. The van der Waals surface area contributed by atoms with Gasteiger partial charge in [0, 0.05) is 9.75 Å². The van der Waals surface area contributed by atoms with Crippen LogP contribution in [0.3, 0.4) is 0 Å². The van der Waals surface area contributed by atoms with Crippen molar-refractivity contribution in [3.63, 3.8) is 0 Å². The maximum Gasteiger partial charge on any atom is 0.325 e. The molecule has 0 saturated heterocycles. The summed E-state index contributed by atoms with van der Waals surface area (Å²) >= 11 is 1.60. The molecule has 16 heavy (non-hydrogen) atoms. The molecule has 0 unspecified atom stereocenters. The molecule has 0 aliphatic rings. The highest BCUT2D eigenvalue weighted by atomic mass is 32.1. The summed E-state index contributed by atoms with van der Waals surface area (Å²) in [5.74, 6) is -1.05. The van der Waals surface area contributed by atoms with Crippen molar-refractivity contribution in [3.05, 3.63) is 21.9 Å². The Kier molecular flexibility index (Phi) is 4.30. The van der Waals surface area contributed by atoms with Crippen LogP contribution in [0, 0.1) is 6.92 Å².